The zero-order chi connectivity index (χ0) is 14.3. The molecule has 1 amide bonds. The third-order valence-corrected chi connectivity index (χ3v) is 3.51. The molecule has 3 rings (SSSR count). The SMILES string of the molecule is Cc1cc(C(=O)N2CCc3c(F)ccc(F)c3C2)n[nH]1. The normalized spacial score (nSPS) is 14.2. The average Bonchev–Trinajstić information content (AvgIpc) is 2.88. The molecule has 104 valence electrons. The number of aromatic nitrogens is 2. The van der Waals surface area contributed by atoms with E-state index in [2.05, 4.69) is 10.2 Å². The number of halogens is 2. The maximum Gasteiger partial charge on any atom is 0.274 e. The molecule has 0 spiro atoms. The lowest BCUT2D eigenvalue weighted by atomic mass is 9.98. The van der Waals surface area contributed by atoms with Crippen molar-refractivity contribution in [2.45, 2.75) is 19.9 Å². The number of fused-ring (bicyclic) bond motifs is 1. The smallest absolute Gasteiger partial charge is 0.274 e. The molecule has 0 radical (unpaired) electrons. The number of benzene rings is 1. The van der Waals surface area contributed by atoms with Crippen LogP contribution in [0.25, 0.3) is 0 Å². The van der Waals surface area contributed by atoms with Crippen molar-refractivity contribution < 1.29 is 13.6 Å². The van der Waals surface area contributed by atoms with Crippen LogP contribution in [0.2, 0.25) is 0 Å². The Labute approximate surface area is 114 Å². The van der Waals surface area contributed by atoms with Crippen LogP contribution < -0.4 is 0 Å². The zero-order valence-corrected chi connectivity index (χ0v) is 10.9. The summed E-state index contributed by atoms with van der Waals surface area (Å²) >= 11 is 0. The van der Waals surface area contributed by atoms with Crippen molar-refractivity contribution in [3.8, 4) is 0 Å². The molecule has 4 nitrogen and oxygen atoms in total. The minimum Gasteiger partial charge on any atom is -0.332 e. The van der Waals surface area contributed by atoms with Crippen molar-refractivity contribution in [3.05, 3.63) is 52.3 Å². The molecule has 1 aliphatic heterocycles. The van der Waals surface area contributed by atoms with Crippen LogP contribution in [0.3, 0.4) is 0 Å². The van der Waals surface area contributed by atoms with Crippen LogP contribution in [0, 0.1) is 18.6 Å². The predicted molar refractivity (Wildman–Crippen MR) is 68.1 cm³/mol. The third-order valence-electron chi connectivity index (χ3n) is 3.51. The van der Waals surface area contributed by atoms with Gasteiger partial charge in [-0.2, -0.15) is 5.10 Å². The fourth-order valence-corrected chi connectivity index (χ4v) is 2.46. The number of hydrogen-bond donors (Lipinski definition) is 1. The van der Waals surface area contributed by atoms with E-state index in [-0.39, 0.29) is 18.0 Å². The quantitative estimate of drug-likeness (QED) is 0.868. The molecule has 1 aliphatic rings. The number of nitrogens with one attached hydrogen (secondary N) is 1. The number of nitrogens with zero attached hydrogens (tertiary/aromatic N) is 2. The Morgan fingerprint density at radius 1 is 1.30 bits per heavy atom. The summed E-state index contributed by atoms with van der Waals surface area (Å²) in [6, 6.07) is 3.86. The first-order chi connectivity index (χ1) is 9.56. The molecule has 0 atom stereocenters. The van der Waals surface area contributed by atoms with Gasteiger partial charge in [-0.25, -0.2) is 8.78 Å². The molecule has 0 saturated carbocycles. The molecule has 2 aromatic rings. The van der Waals surface area contributed by atoms with Crippen molar-refractivity contribution in [1.29, 1.82) is 0 Å². The van der Waals surface area contributed by atoms with Gasteiger partial charge in [0, 0.05) is 24.3 Å². The molecular formula is C14H13F2N3O. The lowest BCUT2D eigenvalue weighted by Crippen LogP contribution is -2.37. The second kappa shape index (κ2) is 4.70. The Morgan fingerprint density at radius 2 is 2.00 bits per heavy atom. The van der Waals surface area contributed by atoms with E-state index in [0.29, 0.717) is 24.2 Å². The lowest BCUT2D eigenvalue weighted by Gasteiger charge is -2.28. The Kier molecular flexibility index (Phi) is 3.00. The van der Waals surface area contributed by atoms with Crippen LogP contribution in [0.4, 0.5) is 8.78 Å². The van der Waals surface area contributed by atoms with E-state index in [9.17, 15) is 13.6 Å². The molecule has 20 heavy (non-hydrogen) atoms. The highest BCUT2D eigenvalue weighted by Gasteiger charge is 2.26. The van der Waals surface area contributed by atoms with Gasteiger partial charge in [-0.1, -0.05) is 0 Å². The number of aryl methyl sites for hydroxylation is 1. The maximum absolute atomic E-state index is 13.8. The van der Waals surface area contributed by atoms with Gasteiger partial charge in [-0.05, 0) is 37.1 Å². The molecule has 0 fully saturated rings. The molecular weight excluding hydrogens is 264 g/mol. The first kappa shape index (κ1) is 12.8. The Morgan fingerprint density at radius 3 is 2.65 bits per heavy atom. The molecule has 0 unspecified atom stereocenters. The minimum absolute atomic E-state index is 0.0731. The topological polar surface area (TPSA) is 49.0 Å². The van der Waals surface area contributed by atoms with E-state index >= 15 is 0 Å². The predicted octanol–water partition coefficient (Wildman–Crippen LogP) is 2.19. The Hall–Kier alpha value is -2.24. The van der Waals surface area contributed by atoms with Gasteiger partial charge < -0.3 is 4.90 Å². The van der Waals surface area contributed by atoms with E-state index in [4.69, 9.17) is 0 Å². The minimum atomic E-state index is -0.475. The van der Waals surface area contributed by atoms with Crippen LogP contribution in [0.15, 0.2) is 18.2 Å². The first-order valence-corrected chi connectivity index (χ1v) is 6.33. The van der Waals surface area contributed by atoms with Gasteiger partial charge in [0.05, 0.1) is 0 Å². The van der Waals surface area contributed by atoms with E-state index in [1.54, 1.807) is 13.0 Å². The standard InChI is InChI=1S/C14H13F2N3O/c1-8-6-13(18-17-8)14(20)19-5-4-9-10(7-19)12(16)3-2-11(9)15/h2-3,6H,4-5,7H2,1H3,(H,17,18). The number of carbonyl (C=O) groups excluding carboxylic acids is 1. The summed E-state index contributed by atoms with van der Waals surface area (Å²) in [4.78, 5) is 13.7. The summed E-state index contributed by atoms with van der Waals surface area (Å²) in [5.74, 6) is -1.16. The molecule has 1 N–H and O–H groups in total. The molecule has 1 aromatic carbocycles. The summed E-state index contributed by atoms with van der Waals surface area (Å²) in [6.07, 6.45) is 0.314. The van der Waals surface area contributed by atoms with E-state index < -0.39 is 11.6 Å². The van der Waals surface area contributed by atoms with E-state index in [0.717, 1.165) is 17.8 Å². The molecule has 0 saturated heterocycles. The van der Waals surface area contributed by atoms with Gasteiger partial charge in [-0.3, -0.25) is 9.89 Å². The second-order valence-corrected chi connectivity index (χ2v) is 4.90. The largest absolute Gasteiger partial charge is 0.332 e. The van der Waals surface area contributed by atoms with Crippen molar-refractivity contribution in [2.75, 3.05) is 6.54 Å². The van der Waals surface area contributed by atoms with Gasteiger partial charge in [-0.15, -0.1) is 0 Å². The Balaban J connectivity index is 1.89. The molecule has 6 heteroatoms. The van der Waals surface area contributed by atoms with E-state index in [1.807, 2.05) is 0 Å². The molecule has 2 heterocycles. The summed E-state index contributed by atoms with van der Waals surface area (Å²) in [5, 5.41) is 6.60. The van der Waals surface area contributed by atoms with Crippen molar-refractivity contribution >= 4 is 5.91 Å². The van der Waals surface area contributed by atoms with Crippen LogP contribution in [0.1, 0.15) is 27.3 Å². The van der Waals surface area contributed by atoms with Crippen LogP contribution in [0.5, 0.6) is 0 Å². The van der Waals surface area contributed by atoms with Crippen LogP contribution in [-0.2, 0) is 13.0 Å². The number of amides is 1. The first-order valence-electron chi connectivity index (χ1n) is 6.33. The monoisotopic (exact) mass is 277 g/mol. The van der Waals surface area contributed by atoms with Gasteiger partial charge in [0.1, 0.15) is 17.3 Å². The summed E-state index contributed by atoms with van der Waals surface area (Å²) in [7, 11) is 0. The average molecular weight is 277 g/mol. The van der Waals surface area contributed by atoms with Gasteiger partial charge in [0.2, 0.25) is 0 Å². The Bertz CT molecular complexity index is 681. The van der Waals surface area contributed by atoms with Gasteiger partial charge >= 0.3 is 0 Å². The van der Waals surface area contributed by atoms with Crippen molar-refractivity contribution in [1.82, 2.24) is 15.1 Å². The van der Waals surface area contributed by atoms with Crippen LogP contribution in [-0.4, -0.2) is 27.5 Å². The number of carbonyl (C=O) groups is 1. The molecule has 0 bridgehead atoms. The zero-order valence-electron chi connectivity index (χ0n) is 10.9. The third kappa shape index (κ3) is 2.07. The van der Waals surface area contributed by atoms with Gasteiger partial charge in [0.25, 0.3) is 5.91 Å². The maximum atomic E-state index is 13.8. The van der Waals surface area contributed by atoms with Gasteiger partial charge in [0.15, 0.2) is 0 Å². The summed E-state index contributed by atoms with van der Waals surface area (Å²) in [5.41, 5.74) is 1.70. The summed E-state index contributed by atoms with van der Waals surface area (Å²) in [6.45, 7) is 2.23. The second-order valence-electron chi connectivity index (χ2n) is 4.90. The van der Waals surface area contributed by atoms with Crippen molar-refractivity contribution in [3.63, 3.8) is 0 Å². The fraction of sp³-hybridized carbons (Fsp3) is 0.286. The number of H-pyrrole nitrogens is 1. The summed E-state index contributed by atoms with van der Waals surface area (Å²) < 4.78 is 27.4. The van der Waals surface area contributed by atoms with Crippen LogP contribution >= 0.6 is 0 Å². The molecule has 1 aromatic heterocycles. The number of hydrogen-bond acceptors (Lipinski definition) is 2. The van der Waals surface area contributed by atoms with Crippen molar-refractivity contribution in [2.24, 2.45) is 0 Å². The molecule has 0 aliphatic carbocycles. The lowest BCUT2D eigenvalue weighted by molar-refractivity contribution is 0.0725. The highest BCUT2D eigenvalue weighted by atomic mass is 19.1. The highest BCUT2D eigenvalue weighted by Crippen LogP contribution is 2.25. The fourth-order valence-electron chi connectivity index (χ4n) is 2.46. The van der Waals surface area contributed by atoms with E-state index in [1.165, 1.54) is 4.90 Å². The highest BCUT2D eigenvalue weighted by molar-refractivity contribution is 5.92. The number of rotatable bonds is 1. The number of aromatic amines is 1.